The Morgan fingerprint density at radius 3 is 2.42 bits per heavy atom. The number of benzene rings is 2. The van der Waals surface area contributed by atoms with Gasteiger partial charge in [-0.3, -0.25) is 4.79 Å². The monoisotopic (exact) mass is 279 g/mol. The first-order chi connectivity index (χ1) is 8.92. The molecule has 6 heteroatoms. The smallest absolute Gasteiger partial charge is 0.318 e. The molecule has 2 aromatic carbocycles. The van der Waals surface area contributed by atoms with E-state index in [1.165, 1.54) is 6.07 Å². The molecule has 0 atom stereocenters. The highest BCUT2D eigenvalue weighted by molar-refractivity contribution is 7.89. The summed E-state index contributed by atoms with van der Waals surface area (Å²) in [4.78, 5) is 10.6. The molecule has 0 amide bonds. The molecule has 2 N–H and O–H groups in total. The normalized spacial score (nSPS) is 11.6. The van der Waals surface area contributed by atoms with Crippen LogP contribution in [0, 0.1) is 6.92 Å². The number of carboxylic acids is 1. The van der Waals surface area contributed by atoms with Gasteiger partial charge < -0.3 is 5.11 Å². The van der Waals surface area contributed by atoms with E-state index in [2.05, 4.69) is 4.72 Å². The third-order valence-corrected chi connectivity index (χ3v) is 4.26. The molecule has 0 saturated carbocycles. The standard InChI is InChI=1S/C13H13NO4S/c1-9-6-7-12(11-5-3-2-4-10(9)11)19(17,18)14-8-13(15)16/h2-7,14H,8H2,1H3,(H,15,16). The Morgan fingerprint density at radius 1 is 1.16 bits per heavy atom. The number of carbonyl (C=O) groups is 1. The zero-order valence-corrected chi connectivity index (χ0v) is 11.1. The minimum Gasteiger partial charge on any atom is -0.480 e. The zero-order valence-electron chi connectivity index (χ0n) is 10.3. The fourth-order valence-corrected chi connectivity index (χ4v) is 3.07. The van der Waals surface area contributed by atoms with Crippen molar-refractivity contribution in [3.05, 3.63) is 42.0 Å². The Labute approximate surface area is 110 Å². The Balaban J connectivity index is 2.57. The number of sulfonamides is 1. The molecule has 0 aliphatic heterocycles. The number of fused-ring (bicyclic) bond motifs is 1. The maximum absolute atomic E-state index is 12.1. The third-order valence-electron chi connectivity index (χ3n) is 2.81. The van der Waals surface area contributed by atoms with Crippen molar-refractivity contribution in [3.8, 4) is 0 Å². The summed E-state index contributed by atoms with van der Waals surface area (Å²) in [6, 6.07) is 10.3. The predicted octanol–water partition coefficient (Wildman–Crippen LogP) is 1.51. The third kappa shape index (κ3) is 2.74. The summed E-state index contributed by atoms with van der Waals surface area (Å²) in [5, 5.41) is 9.97. The Bertz CT molecular complexity index is 737. The largest absolute Gasteiger partial charge is 0.480 e. The second-order valence-corrected chi connectivity index (χ2v) is 5.88. The molecule has 5 nitrogen and oxygen atoms in total. The second kappa shape index (κ2) is 4.99. The zero-order chi connectivity index (χ0) is 14.0. The minimum atomic E-state index is -3.83. The molecular formula is C13H13NO4S. The first-order valence-corrected chi connectivity index (χ1v) is 7.10. The van der Waals surface area contributed by atoms with Crippen LogP contribution in [0.1, 0.15) is 5.56 Å². The van der Waals surface area contributed by atoms with Crippen molar-refractivity contribution in [2.75, 3.05) is 6.54 Å². The molecule has 0 bridgehead atoms. The number of carboxylic acid groups (broad SMARTS) is 1. The van der Waals surface area contributed by atoms with Crippen LogP contribution >= 0.6 is 0 Å². The van der Waals surface area contributed by atoms with E-state index in [0.29, 0.717) is 5.39 Å². The molecule has 0 unspecified atom stereocenters. The minimum absolute atomic E-state index is 0.0925. The van der Waals surface area contributed by atoms with Gasteiger partial charge in [0.15, 0.2) is 0 Å². The van der Waals surface area contributed by atoms with Gasteiger partial charge in [-0.05, 0) is 23.9 Å². The van der Waals surface area contributed by atoms with Gasteiger partial charge in [-0.25, -0.2) is 8.42 Å². The number of hydrogen-bond donors (Lipinski definition) is 2. The van der Waals surface area contributed by atoms with Gasteiger partial charge in [-0.2, -0.15) is 4.72 Å². The highest BCUT2D eigenvalue weighted by Crippen LogP contribution is 2.25. The van der Waals surface area contributed by atoms with E-state index < -0.39 is 22.5 Å². The summed E-state index contributed by atoms with van der Waals surface area (Å²) in [6.45, 7) is 1.26. The Kier molecular flexibility index (Phi) is 3.55. The Hall–Kier alpha value is -1.92. The van der Waals surface area contributed by atoms with E-state index in [1.807, 2.05) is 19.1 Å². The molecule has 0 aliphatic rings. The first kappa shape index (κ1) is 13.5. The highest BCUT2D eigenvalue weighted by atomic mass is 32.2. The van der Waals surface area contributed by atoms with Crippen molar-refractivity contribution in [1.29, 1.82) is 0 Å². The van der Waals surface area contributed by atoms with Crippen LogP contribution in [0.25, 0.3) is 10.8 Å². The van der Waals surface area contributed by atoms with E-state index in [4.69, 9.17) is 5.11 Å². The van der Waals surface area contributed by atoms with Gasteiger partial charge in [0.05, 0.1) is 4.90 Å². The summed E-state index contributed by atoms with van der Waals surface area (Å²) in [5.41, 5.74) is 0.966. The summed E-state index contributed by atoms with van der Waals surface area (Å²) in [6.07, 6.45) is 0. The van der Waals surface area contributed by atoms with Gasteiger partial charge in [0, 0.05) is 5.39 Å². The number of hydrogen-bond acceptors (Lipinski definition) is 3. The Morgan fingerprint density at radius 2 is 1.79 bits per heavy atom. The van der Waals surface area contributed by atoms with Crippen LogP contribution in [0.5, 0.6) is 0 Å². The molecule has 0 spiro atoms. The fourth-order valence-electron chi connectivity index (χ4n) is 1.89. The van der Waals surface area contributed by atoms with Gasteiger partial charge in [0.25, 0.3) is 0 Å². The molecule has 0 aromatic heterocycles. The van der Waals surface area contributed by atoms with E-state index in [1.54, 1.807) is 18.2 Å². The van der Waals surface area contributed by atoms with E-state index >= 15 is 0 Å². The molecule has 0 aliphatic carbocycles. The summed E-state index contributed by atoms with van der Waals surface area (Å²) < 4.78 is 26.2. The quantitative estimate of drug-likeness (QED) is 0.888. The second-order valence-electron chi connectivity index (χ2n) is 4.14. The average Bonchev–Trinajstić information content (AvgIpc) is 2.37. The average molecular weight is 279 g/mol. The van der Waals surface area contributed by atoms with Gasteiger partial charge in [-0.1, -0.05) is 30.3 Å². The summed E-state index contributed by atoms with van der Waals surface area (Å²) in [5.74, 6) is -1.22. The molecule has 100 valence electrons. The van der Waals surface area contributed by atoms with Crippen molar-refractivity contribution in [1.82, 2.24) is 4.72 Å². The molecule has 19 heavy (non-hydrogen) atoms. The summed E-state index contributed by atoms with van der Waals surface area (Å²) in [7, 11) is -3.83. The van der Waals surface area contributed by atoms with Crippen molar-refractivity contribution in [2.24, 2.45) is 0 Å². The number of aryl methyl sites for hydroxylation is 1. The molecule has 0 fully saturated rings. The van der Waals surface area contributed by atoms with Crippen LogP contribution < -0.4 is 4.72 Å². The number of rotatable bonds is 4. The number of nitrogens with one attached hydrogen (secondary N) is 1. The summed E-state index contributed by atoms with van der Waals surface area (Å²) >= 11 is 0. The first-order valence-electron chi connectivity index (χ1n) is 5.61. The van der Waals surface area contributed by atoms with Crippen LogP contribution in [0.15, 0.2) is 41.3 Å². The predicted molar refractivity (Wildman–Crippen MR) is 71.5 cm³/mol. The van der Waals surface area contributed by atoms with Crippen LogP contribution in [0.4, 0.5) is 0 Å². The van der Waals surface area contributed by atoms with Gasteiger partial charge >= 0.3 is 5.97 Å². The van der Waals surface area contributed by atoms with Crippen molar-refractivity contribution in [3.63, 3.8) is 0 Å². The number of aliphatic carboxylic acids is 1. The fraction of sp³-hybridized carbons (Fsp3) is 0.154. The van der Waals surface area contributed by atoms with Gasteiger partial charge in [0.2, 0.25) is 10.0 Å². The van der Waals surface area contributed by atoms with Crippen LogP contribution in [0.3, 0.4) is 0 Å². The van der Waals surface area contributed by atoms with Crippen molar-refractivity contribution >= 4 is 26.8 Å². The lowest BCUT2D eigenvalue weighted by Gasteiger charge is -2.10. The molecule has 2 rings (SSSR count). The lowest BCUT2D eigenvalue weighted by Crippen LogP contribution is -2.29. The van der Waals surface area contributed by atoms with E-state index in [9.17, 15) is 13.2 Å². The van der Waals surface area contributed by atoms with Crippen LogP contribution in [0.2, 0.25) is 0 Å². The van der Waals surface area contributed by atoms with Crippen molar-refractivity contribution in [2.45, 2.75) is 11.8 Å². The van der Waals surface area contributed by atoms with Gasteiger partial charge in [0.1, 0.15) is 6.54 Å². The molecular weight excluding hydrogens is 266 g/mol. The maximum atomic E-state index is 12.1. The highest BCUT2D eigenvalue weighted by Gasteiger charge is 2.18. The lowest BCUT2D eigenvalue weighted by molar-refractivity contribution is -0.135. The molecule has 2 aromatic rings. The topological polar surface area (TPSA) is 83.5 Å². The molecule has 0 saturated heterocycles. The SMILES string of the molecule is Cc1ccc(S(=O)(=O)NCC(=O)O)c2ccccc12. The maximum Gasteiger partial charge on any atom is 0.318 e. The van der Waals surface area contributed by atoms with Crippen LogP contribution in [-0.2, 0) is 14.8 Å². The van der Waals surface area contributed by atoms with Gasteiger partial charge in [-0.15, -0.1) is 0 Å². The molecule has 0 heterocycles. The lowest BCUT2D eigenvalue weighted by atomic mass is 10.1. The van der Waals surface area contributed by atoms with Crippen LogP contribution in [-0.4, -0.2) is 26.0 Å². The van der Waals surface area contributed by atoms with E-state index in [0.717, 1.165) is 10.9 Å². The van der Waals surface area contributed by atoms with Crippen molar-refractivity contribution < 1.29 is 18.3 Å². The molecule has 0 radical (unpaired) electrons. The van der Waals surface area contributed by atoms with E-state index in [-0.39, 0.29) is 4.90 Å².